The molecule has 0 spiro atoms. The van der Waals surface area contributed by atoms with Crippen LogP contribution in [0.3, 0.4) is 0 Å². The zero-order valence-electron chi connectivity index (χ0n) is 13.3. The second-order valence-corrected chi connectivity index (χ2v) is 7.28. The molecule has 3 rings (SSSR count). The summed E-state index contributed by atoms with van der Waals surface area (Å²) < 4.78 is 37.8. The van der Waals surface area contributed by atoms with E-state index >= 15 is 0 Å². The molecule has 0 aliphatic carbocycles. The maximum atomic E-state index is 12.7. The predicted molar refractivity (Wildman–Crippen MR) is 87.4 cm³/mol. The molecule has 0 aromatic carbocycles. The minimum Gasteiger partial charge on any atom is -0.487 e. The molecule has 128 valence electrons. The van der Waals surface area contributed by atoms with Crippen molar-refractivity contribution < 1.29 is 17.9 Å². The molecular weight excluding hydrogens is 330 g/mol. The lowest BCUT2D eigenvalue weighted by atomic mass is 10.3. The van der Waals surface area contributed by atoms with Crippen LogP contribution >= 0.6 is 0 Å². The molecule has 0 N–H and O–H groups in total. The summed E-state index contributed by atoms with van der Waals surface area (Å²) >= 11 is 0. The summed E-state index contributed by atoms with van der Waals surface area (Å²) in [5, 5.41) is 0. The molecule has 1 atom stereocenters. The molecule has 1 saturated heterocycles. The average molecular weight is 349 g/mol. The highest BCUT2D eigenvalue weighted by Crippen LogP contribution is 2.24. The van der Waals surface area contributed by atoms with Crippen LogP contribution in [0.4, 0.5) is 0 Å². The number of nitrogens with zero attached hydrogens (tertiary/aromatic N) is 3. The molecule has 1 fully saturated rings. The smallest absolute Gasteiger partial charge is 0.244 e. The predicted octanol–water partition coefficient (Wildman–Crippen LogP) is 1.72. The number of sulfonamides is 1. The van der Waals surface area contributed by atoms with E-state index in [4.69, 9.17) is 9.47 Å². The van der Waals surface area contributed by atoms with E-state index in [2.05, 4.69) is 9.97 Å². The van der Waals surface area contributed by atoms with E-state index in [0.717, 1.165) is 0 Å². The monoisotopic (exact) mass is 349 g/mol. The van der Waals surface area contributed by atoms with Crippen LogP contribution in [0.15, 0.2) is 47.8 Å². The van der Waals surface area contributed by atoms with Crippen LogP contribution in [0.2, 0.25) is 0 Å². The Balaban J connectivity index is 1.67. The maximum Gasteiger partial charge on any atom is 0.244 e. The fraction of sp³-hybridized carbons (Fsp3) is 0.375. The first kappa shape index (κ1) is 16.7. The van der Waals surface area contributed by atoms with Crippen LogP contribution in [0, 0.1) is 0 Å². The maximum absolute atomic E-state index is 12.7. The van der Waals surface area contributed by atoms with Gasteiger partial charge in [-0.2, -0.15) is 4.31 Å². The van der Waals surface area contributed by atoms with Gasteiger partial charge >= 0.3 is 0 Å². The van der Waals surface area contributed by atoms with Crippen molar-refractivity contribution in [2.75, 3.05) is 19.7 Å². The Morgan fingerprint density at radius 2 is 2.17 bits per heavy atom. The number of hydrogen-bond acceptors (Lipinski definition) is 6. The minimum absolute atomic E-state index is 0.160. The summed E-state index contributed by atoms with van der Waals surface area (Å²) in [4.78, 5) is 8.17. The number of rotatable bonds is 6. The van der Waals surface area contributed by atoms with Crippen molar-refractivity contribution in [3.63, 3.8) is 0 Å². The molecule has 1 aliphatic heterocycles. The van der Waals surface area contributed by atoms with Gasteiger partial charge in [-0.05, 0) is 31.5 Å². The molecule has 0 radical (unpaired) electrons. The molecule has 2 aromatic heterocycles. The van der Waals surface area contributed by atoms with Gasteiger partial charge in [-0.25, -0.2) is 13.4 Å². The Bertz CT molecular complexity index is 766. The highest BCUT2D eigenvalue weighted by molar-refractivity contribution is 7.89. The van der Waals surface area contributed by atoms with Crippen molar-refractivity contribution in [2.45, 2.75) is 24.3 Å². The average Bonchev–Trinajstić information content (AvgIpc) is 3.06. The van der Waals surface area contributed by atoms with Gasteiger partial charge in [0.1, 0.15) is 16.7 Å². The third kappa shape index (κ3) is 3.65. The normalized spacial score (nSPS) is 18.5. The van der Waals surface area contributed by atoms with Gasteiger partial charge in [0.2, 0.25) is 15.9 Å². The van der Waals surface area contributed by atoms with Gasteiger partial charge in [-0.15, -0.1) is 0 Å². The zero-order chi connectivity index (χ0) is 17.0. The first-order valence-corrected chi connectivity index (χ1v) is 9.19. The van der Waals surface area contributed by atoms with Crippen LogP contribution < -0.4 is 9.47 Å². The van der Waals surface area contributed by atoms with Crippen molar-refractivity contribution in [1.82, 2.24) is 14.3 Å². The summed E-state index contributed by atoms with van der Waals surface area (Å²) in [6.07, 6.45) is 5.07. The molecule has 8 heteroatoms. The van der Waals surface area contributed by atoms with E-state index < -0.39 is 10.0 Å². The van der Waals surface area contributed by atoms with Crippen molar-refractivity contribution in [3.8, 4) is 11.6 Å². The van der Waals surface area contributed by atoms with Crippen LogP contribution in [0.1, 0.15) is 13.3 Å². The molecule has 0 amide bonds. The number of aromatic nitrogens is 2. The molecular formula is C16H19N3O4S. The van der Waals surface area contributed by atoms with Crippen LogP contribution in [0.5, 0.6) is 11.6 Å². The molecule has 3 heterocycles. The summed E-state index contributed by atoms with van der Waals surface area (Å²) in [5.74, 6) is 1.06. The Labute approximate surface area is 141 Å². The third-order valence-corrected chi connectivity index (χ3v) is 5.53. The van der Waals surface area contributed by atoms with Crippen LogP contribution in [-0.2, 0) is 10.0 Å². The van der Waals surface area contributed by atoms with Gasteiger partial charge in [0, 0.05) is 18.8 Å². The second-order valence-electron chi connectivity index (χ2n) is 5.35. The van der Waals surface area contributed by atoms with E-state index in [1.54, 1.807) is 30.6 Å². The van der Waals surface area contributed by atoms with Gasteiger partial charge in [0.05, 0.1) is 25.5 Å². The summed E-state index contributed by atoms with van der Waals surface area (Å²) in [5.41, 5.74) is 0. The molecule has 2 aromatic rings. The summed E-state index contributed by atoms with van der Waals surface area (Å²) in [7, 11) is -3.58. The number of ether oxygens (including phenoxy) is 2. The van der Waals surface area contributed by atoms with Gasteiger partial charge in [0.15, 0.2) is 0 Å². The largest absolute Gasteiger partial charge is 0.487 e. The molecule has 1 aliphatic rings. The topological polar surface area (TPSA) is 81.6 Å². The Kier molecular flexibility index (Phi) is 4.96. The second kappa shape index (κ2) is 7.14. The van der Waals surface area contributed by atoms with E-state index in [1.807, 2.05) is 6.92 Å². The Morgan fingerprint density at radius 3 is 2.83 bits per heavy atom. The lowest BCUT2D eigenvalue weighted by molar-refractivity contribution is 0.214. The van der Waals surface area contributed by atoms with Crippen LogP contribution in [0.25, 0.3) is 0 Å². The number of hydrogen-bond donors (Lipinski definition) is 0. The van der Waals surface area contributed by atoms with Gasteiger partial charge in [-0.1, -0.05) is 0 Å². The lowest BCUT2D eigenvalue weighted by Gasteiger charge is -2.17. The van der Waals surface area contributed by atoms with Gasteiger partial charge in [0.25, 0.3) is 0 Å². The van der Waals surface area contributed by atoms with Crippen molar-refractivity contribution in [3.05, 3.63) is 42.9 Å². The van der Waals surface area contributed by atoms with Gasteiger partial charge < -0.3 is 9.47 Å². The molecule has 0 bridgehead atoms. The Hall–Kier alpha value is -2.19. The van der Waals surface area contributed by atoms with Crippen molar-refractivity contribution >= 4 is 10.0 Å². The quantitative estimate of drug-likeness (QED) is 0.790. The van der Waals surface area contributed by atoms with E-state index in [1.165, 1.54) is 16.6 Å². The Morgan fingerprint density at radius 1 is 1.29 bits per heavy atom. The lowest BCUT2D eigenvalue weighted by Crippen LogP contribution is -2.31. The fourth-order valence-electron chi connectivity index (χ4n) is 2.52. The first-order chi connectivity index (χ1) is 11.6. The summed E-state index contributed by atoms with van der Waals surface area (Å²) in [6.45, 7) is 3.06. The van der Waals surface area contributed by atoms with E-state index in [0.29, 0.717) is 37.7 Å². The first-order valence-electron chi connectivity index (χ1n) is 7.75. The zero-order valence-corrected chi connectivity index (χ0v) is 14.1. The molecule has 24 heavy (non-hydrogen) atoms. The third-order valence-electron chi connectivity index (χ3n) is 3.68. The summed E-state index contributed by atoms with van der Waals surface area (Å²) in [6, 6.07) is 6.67. The van der Waals surface area contributed by atoms with Gasteiger partial charge in [-0.3, -0.25) is 4.98 Å². The highest BCUT2D eigenvalue weighted by Gasteiger charge is 2.33. The molecule has 0 saturated carbocycles. The highest BCUT2D eigenvalue weighted by atomic mass is 32.2. The number of pyridine rings is 2. The van der Waals surface area contributed by atoms with Crippen LogP contribution in [-0.4, -0.2) is 48.5 Å². The standard InChI is InChI=1S/C16H19N3O4S/c1-2-22-16-6-5-15(11-18-16)24(20,21)19-9-7-14(12-19)23-13-4-3-8-17-10-13/h3-6,8,10-11,14H,2,7,9,12H2,1H3/t14-/m1/s1. The van der Waals surface area contributed by atoms with Crippen molar-refractivity contribution in [2.24, 2.45) is 0 Å². The van der Waals surface area contributed by atoms with E-state index in [-0.39, 0.29) is 11.0 Å². The van der Waals surface area contributed by atoms with Crippen molar-refractivity contribution in [1.29, 1.82) is 0 Å². The molecule has 0 unspecified atom stereocenters. The minimum atomic E-state index is -3.58. The SMILES string of the molecule is CCOc1ccc(S(=O)(=O)N2CC[C@@H](Oc3cccnc3)C2)cn1. The molecule has 7 nitrogen and oxygen atoms in total. The fourth-order valence-corrected chi connectivity index (χ4v) is 3.96. The van der Waals surface area contributed by atoms with E-state index in [9.17, 15) is 8.42 Å².